The van der Waals surface area contributed by atoms with Gasteiger partial charge in [0.05, 0.1) is 0 Å². The van der Waals surface area contributed by atoms with Crippen LogP contribution >= 0.6 is 0 Å². The number of aliphatic hydroxyl groups is 1. The molecule has 0 bridgehead atoms. The SMILES string of the molecule is C=C(C=CCCO)c1ccccc1. The average molecular weight is 174 g/mol. The van der Waals surface area contributed by atoms with Gasteiger partial charge in [0.2, 0.25) is 0 Å². The zero-order chi connectivity index (χ0) is 9.52. The van der Waals surface area contributed by atoms with Crippen molar-refractivity contribution in [2.45, 2.75) is 6.42 Å². The van der Waals surface area contributed by atoms with Gasteiger partial charge in [-0.3, -0.25) is 0 Å². The summed E-state index contributed by atoms with van der Waals surface area (Å²) in [6.45, 7) is 4.12. The van der Waals surface area contributed by atoms with Crippen molar-refractivity contribution in [1.29, 1.82) is 0 Å². The number of allylic oxidation sites excluding steroid dienone is 2. The maximum absolute atomic E-state index is 8.57. The lowest BCUT2D eigenvalue weighted by Crippen LogP contribution is -1.79. The summed E-state index contributed by atoms with van der Waals surface area (Å²) in [6.07, 6.45) is 4.55. The molecule has 13 heavy (non-hydrogen) atoms. The molecule has 0 atom stereocenters. The molecule has 0 amide bonds. The number of benzene rings is 1. The van der Waals surface area contributed by atoms with Gasteiger partial charge in [-0.1, -0.05) is 49.1 Å². The Morgan fingerprint density at radius 2 is 2.00 bits per heavy atom. The van der Waals surface area contributed by atoms with Gasteiger partial charge in [0.25, 0.3) is 0 Å². The summed E-state index contributed by atoms with van der Waals surface area (Å²) < 4.78 is 0. The molecule has 1 rings (SSSR count). The minimum Gasteiger partial charge on any atom is -0.396 e. The molecule has 0 unspecified atom stereocenters. The van der Waals surface area contributed by atoms with Crippen LogP contribution < -0.4 is 0 Å². The molecule has 0 spiro atoms. The van der Waals surface area contributed by atoms with Crippen LogP contribution in [0, 0.1) is 0 Å². The van der Waals surface area contributed by atoms with Crippen molar-refractivity contribution in [1.82, 2.24) is 0 Å². The van der Waals surface area contributed by atoms with E-state index in [1.54, 1.807) is 0 Å². The lowest BCUT2D eigenvalue weighted by Gasteiger charge is -1.98. The Morgan fingerprint density at radius 1 is 1.31 bits per heavy atom. The molecule has 68 valence electrons. The van der Waals surface area contributed by atoms with Gasteiger partial charge in [0, 0.05) is 6.61 Å². The van der Waals surface area contributed by atoms with Crippen molar-refractivity contribution in [3.05, 3.63) is 54.6 Å². The van der Waals surface area contributed by atoms with Crippen molar-refractivity contribution < 1.29 is 5.11 Å². The number of hydrogen-bond acceptors (Lipinski definition) is 1. The fourth-order valence-electron chi connectivity index (χ4n) is 1.05. The quantitative estimate of drug-likeness (QED) is 0.696. The second kappa shape index (κ2) is 5.33. The molecule has 1 heteroatoms. The van der Waals surface area contributed by atoms with Crippen molar-refractivity contribution in [3.63, 3.8) is 0 Å². The van der Waals surface area contributed by atoms with Crippen LogP contribution in [0.1, 0.15) is 12.0 Å². The average Bonchev–Trinajstić information content (AvgIpc) is 2.19. The summed E-state index contributed by atoms with van der Waals surface area (Å²) in [5, 5.41) is 8.57. The lowest BCUT2D eigenvalue weighted by atomic mass is 10.1. The van der Waals surface area contributed by atoms with Gasteiger partial charge in [0.1, 0.15) is 0 Å². The van der Waals surface area contributed by atoms with Crippen LogP contribution in [-0.2, 0) is 0 Å². The summed E-state index contributed by atoms with van der Waals surface area (Å²) in [4.78, 5) is 0. The second-order valence-corrected chi connectivity index (χ2v) is 2.81. The van der Waals surface area contributed by atoms with E-state index in [0.717, 1.165) is 11.1 Å². The Morgan fingerprint density at radius 3 is 2.62 bits per heavy atom. The Balaban J connectivity index is 2.59. The first-order chi connectivity index (χ1) is 6.34. The lowest BCUT2D eigenvalue weighted by molar-refractivity contribution is 0.302. The molecule has 0 heterocycles. The molecule has 0 saturated carbocycles. The Labute approximate surface area is 79.0 Å². The molecule has 1 nitrogen and oxygen atoms in total. The van der Waals surface area contributed by atoms with E-state index in [1.807, 2.05) is 42.5 Å². The van der Waals surface area contributed by atoms with Gasteiger partial charge >= 0.3 is 0 Å². The highest BCUT2D eigenvalue weighted by molar-refractivity contribution is 5.71. The molecule has 1 aromatic carbocycles. The highest BCUT2D eigenvalue weighted by Crippen LogP contribution is 2.12. The third-order valence-corrected chi connectivity index (χ3v) is 1.76. The van der Waals surface area contributed by atoms with Gasteiger partial charge in [-0.05, 0) is 17.6 Å². The van der Waals surface area contributed by atoms with E-state index in [4.69, 9.17) is 5.11 Å². The molecule has 1 aromatic rings. The Kier molecular flexibility index (Phi) is 4.00. The first-order valence-corrected chi connectivity index (χ1v) is 4.36. The smallest absolute Gasteiger partial charge is 0.0465 e. The molecule has 0 fully saturated rings. The van der Waals surface area contributed by atoms with Gasteiger partial charge in [-0.25, -0.2) is 0 Å². The van der Waals surface area contributed by atoms with E-state index in [-0.39, 0.29) is 6.61 Å². The van der Waals surface area contributed by atoms with Crippen LogP contribution in [0.2, 0.25) is 0 Å². The fourth-order valence-corrected chi connectivity index (χ4v) is 1.05. The maximum atomic E-state index is 8.57. The van der Waals surface area contributed by atoms with Crippen LogP contribution in [-0.4, -0.2) is 11.7 Å². The predicted molar refractivity (Wildman–Crippen MR) is 56.3 cm³/mol. The Bertz CT molecular complexity index is 285. The predicted octanol–water partition coefficient (Wildman–Crippen LogP) is 2.64. The van der Waals surface area contributed by atoms with E-state index in [9.17, 15) is 0 Å². The minimum atomic E-state index is 0.193. The topological polar surface area (TPSA) is 20.2 Å². The summed E-state index contributed by atoms with van der Waals surface area (Å²) in [7, 11) is 0. The largest absolute Gasteiger partial charge is 0.396 e. The van der Waals surface area contributed by atoms with Crippen LogP contribution in [0.25, 0.3) is 5.57 Å². The van der Waals surface area contributed by atoms with E-state index < -0.39 is 0 Å². The molecule has 0 aliphatic carbocycles. The first-order valence-electron chi connectivity index (χ1n) is 4.36. The molecule has 1 N–H and O–H groups in total. The Hall–Kier alpha value is -1.34. The number of hydrogen-bond donors (Lipinski definition) is 1. The highest BCUT2D eigenvalue weighted by atomic mass is 16.2. The zero-order valence-electron chi connectivity index (χ0n) is 7.61. The molecule has 0 aliphatic heterocycles. The van der Waals surface area contributed by atoms with Crippen molar-refractivity contribution >= 4 is 5.57 Å². The van der Waals surface area contributed by atoms with Crippen LogP contribution in [0.5, 0.6) is 0 Å². The number of aliphatic hydroxyl groups excluding tert-OH is 1. The van der Waals surface area contributed by atoms with Crippen LogP contribution in [0.15, 0.2) is 49.1 Å². The van der Waals surface area contributed by atoms with E-state index in [0.29, 0.717) is 6.42 Å². The van der Waals surface area contributed by atoms with E-state index in [2.05, 4.69) is 6.58 Å². The minimum absolute atomic E-state index is 0.193. The summed E-state index contributed by atoms with van der Waals surface area (Å²) in [5.74, 6) is 0. The summed E-state index contributed by atoms with van der Waals surface area (Å²) in [6, 6.07) is 9.99. The van der Waals surface area contributed by atoms with Crippen LogP contribution in [0.4, 0.5) is 0 Å². The van der Waals surface area contributed by atoms with Crippen molar-refractivity contribution in [2.24, 2.45) is 0 Å². The highest BCUT2D eigenvalue weighted by Gasteiger charge is 1.90. The third kappa shape index (κ3) is 3.26. The van der Waals surface area contributed by atoms with Crippen LogP contribution in [0.3, 0.4) is 0 Å². The zero-order valence-corrected chi connectivity index (χ0v) is 7.61. The first kappa shape index (κ1) is 9.75. The van der Waals surface area contributed by atoms with Gasteiger partial charge < -0.3 is 5.11 Å². The van der Waals surface area contributed by atoms with Crippen molar-refractivity contribution in [2.75, 3.05) is 6.61 Å². The van der Waals surface area contributed by atoms with Gasteiger partial charge in [-0.15, -0.1) is 0 Å². The fraction of sp³-hybridized carbons (Fsp3) is 0.167. The summed E-state index contributed by atoms with van der Waals surface area (Å²) >= 11 is 0. The van der Waals surface area contributed by atoms with Gasteiger partial charge in [-0.2, -0.15) is 0 Å². The second-order valence-electron chi connectivity index (χ2n) is 2.81. The molecule has 0 aromatic heterocycles. The van der Waals surface area contributed by atoms with E-state index in [1.165, 1.54) is 0 Å². The standard InChI is InChI=1S/C12H14O/c1-11(7-5-6-10-13)12-8-3-2-4-9-12/h2-5,7-9,13H,1,6,10H2. The third-order valence-electron chi connectivity index (χ3n) is 1.76. The summed E-state index contributed by atoms with van der Waals surface area (Å²) in [5.41, 5.74) is 2.10. The normalized spacial score (nSPS) is 10.5. The van der Waals surface area contributed by atoms with E-state index >= 15 is 0 Å². The monoisotopic (exact) mass is 174 g/mol. The number of rotatable bonds is 4. The molecule has 0 aliphatic rings. The molecular weight excluding hydrogens is 160 g/mol. The van der Waals surface area contributed by atoms with Crippen molar-refractivity contribution in [3.8, 4) is 0 Å². The molecule has 0 saturated heterocycles. The maximum Gasteiger partial charge on any atom is 0.0465 e. The molecular formula is C12H14O. The molecule has 0 radical (unpaired) electrons. The van der Waals surface area contributed by atoms with Gasteiger partial charge in [0.15, 0.2) is 0 Å².